The fraction of sp³-hybridized carbons (Fsp3) is 0.579. The number of piperidine rings is 1. The van der Waals surface area contributed by atoms with Crippen LogP contribution in [0.25, 0.3) is 0 Å². The fourth-order valence-corrected chi connectivity index (χ4v) is 3.96. The highest BCUT2D eigenvalue weighted by atomic mass is 19.4. The standard InChI is InChI=1S/C19H22F3NO3/c1-12(13-2-4-14(5-3-13)19(20,21)22)10-16(24)23-8-6-18(7-9-23)11-15(18)17(25)26/h2-5,12,15H,6-11H2,1H3,(H,25,26). The summed E-state index contributed by atoms with van der Waals surface area (Å²) >= 11 is 0. The van der Waals surface area contributed by atoms with Gasteiger partial charge in [0.05, 0.1) is 11.5 Å². The molecule has 1 N–H and O–H groups in total. The van der Waals surface area contributed by atoms with E-state index < -0.39 is 17.7 Å². The van der Waals surface area contributed by atoms with Gasteiger partial charge in [-0.25, -0.2) is 0 Å². The Morgan fingerprint density at radius 3 is 2.27 bits per heavy atom. The van der Waals surface area contributed by atoms with Crippen molar-refractivity contribution in [2.24, 2.45) is 11.3 Å². The predicted molar refractivity (Wildman–Crippen MR) is 88.5 cm³/mol. The second-order valence-corrected chi connectivity index (χ2v) is 7.56. The summed E-state index contributed by atoms with van der Waals surface area (Å²) in [5.41, 5.74) is -0.117. The highest BCUT2D eigenvalue weighted by molar-refractivity contribution is 5.78. The van der Waals surface area contributed by atoms with Crippen molar-refractivity contribution in [1.82, 2.24) is 4.90 Å². The molecule has 0 radical (unpaired) electrons. The number of rotatable bonds is 4. The number of hydrogen-bond donors (Lipinski definition) is 1. The molecule has 2 aliphatic rings. The van der Waals surface area contributed by atoms with E-state index in [9.17, 15) is 22.8 Å². The lowest BCUT2D eigenvalue weighted by atomic mass is 9.90. The van der Waals surface area contributed by atoms with Crippen LogP contribution in [0.2, 0.25) is 0 Å². The van der Waals surface area contributed by atoms with Crippen LogP contribution in [0.3, 0.4) is 0 Å². The van der Waals surface area contributed by atoms with Gasteiger partial charge in [0.25, 0.3) is 0 Å². The number of hydrogen-bond acceptors (Lipinski definition) is 2. The first kappa shape index (κ1) is 18.7. The minimum absolute atomic E-state index is 0.0280. The summed E-state index contributed by atoms with van der Waals surface area (Å²) in [6.45, 7) is 2.94. The van der Waals surface area contributed by atoms with E-state index in [1.807, 2.05) is 6.92 Å². The maximum atomic E-state index is 12.6. The zero-order chi connectivity index (χ0) is 19.1. The van der Waals surface area contributed by atoms with Crippen LogP contribution in [0.4, 0.5) is 13.2 Å². The van der Waals surface area contributed by atoms with Gasteiger partial charge in [-0.1, -0.05) is 19.1 Å². The first-order valence-electron chi connectivity index (χ1n) is 8.80. The highest BCUT2D eigenvalue weighted by Gasteiger charge is 2.59. The SMILES string of the molecule is CC(CC(=O)N1CCC2(CC1)CC2C(=O)O)c1ccc(C(F)(F)F)cc1. The quantitative estimate of drug-likeness (QED) is 0.875. The smallest absolute Gasteiger partial charge is 0.416 e. The molecule has 1 aliphatic carbocycles. The molecule has 0 bridgehead atoms. The second kappa shape index (κ2) is 6.59. The lowest BCUT2D eigenvalue weighted by molar-refractivity contribution is -0.140. The highest BCUT2D eigenvalue weighted by Crippen LogP contribution is 2.59. The number of carbonyl (C=O) groups excluding carboxylic acids is 1. The van der Waals surface area contributed by atoms with E-state index in [-0.39, 0.29) is 29.6 Å². The average molecular weight is 369 g/mol. The minimum atomic E-state index is -4.36. The third-order valence-electron chi connectivity index (χ3n) is 5.89. The first-order chi connectivity index (χ1) is 12.1. The molecule has 1 aromatic rings. The molecule has 2 unspecified atom stereocenters. The molecule has 1 spiro atoms. The Morgan fingerprint density at radius 1 is 1.23 bits per heavy atom. The zero-order valence-corrected chi connectivity index (χ0v) is 14.6. The van der Waals surface area contributed by atoms with E-state index in [4.69, 9.17) is 5.11 Å². The largest absolute Gasteiger partial charge is 0.481 e. The lowest BCUT2D eigenvalue weighted by Gasteiger charge is -2.33. The van der Waals surface area contributed by atoms with Crippen molar-refractivity contribution >= 4 is 11.9 Å². The molecule has 2 atom stereocenters. The van der Waals surface area contributed by atoms with Gasteiger partial charge in [-0.3, -0.25) is 9.59 Å². The van der Waals surface area contributed by atoms with Crippen LogP contribution >= 0.6 is 0 Å². The Balaban J connectivity index is 1.53. The van der Waals surface area contributed by atoms with Crippen molar-refractivity contribution in [2.45, 2.75) is 44.7 Å². The monoisotopic (exact) mass is 369 g/mol. The molecule has 7 heteroatoms. The van der Waals surface area contributed by atoms with Gasteiger partial charge in [0, 0.05) is 19.5 Å². The second-order valence-electron chi connectivity index (χ2n) is 7.56. The Kier molecular flexibility index (Phi) is 4.75. The van der Waals surface area contributed by atoms with Crippen LogP contribution in [0.15, 0.2) is 24.3 Å². The number of carbonyl (C=O) groups is 2. The molecule has 3 rings (SSSR count). The number of likely N-dealkylation sites (tertiary alicyclic amines) is 1. The predicted octanol–water partition coefficient (Wildman–Crippen LogP) is 3.91. The van der Waals surface area contributed by atoms with Gasteiger partial charge >= 0.3 is 12.1 Å². The lowest BCUT2D eigenvalue weighted by Crippen LogP contribution is -2.40. The number of benzene rings is 1. The Morgan fingerprint density at radius 2 is 1.81 bits per heavy atom. The van der Waals surface area contributed by atoms with Crippen molar-refractivity contribution in [3.8, 4) is 0 Å². The molecule has 26 heavy (non-hydrogen) atoms. The van der Waals surface area contributed by atoms with Crippen LogP contribution in [-0.2, 0) is 15.8 Å². The van der Waals surface area contributed by atoms with E-state index in [0.29, 0.717) is 37.9 Å². The first-order valence-corrected chi connectivity index (χ1v) is 8.80. The third-order valence-corrected chi connectivity index (χ3v) is 5.89. The van der Waals surface area contributed by atoms with Gasteiger partial charge in [-0.05, 0) is 48.3 Å². The van der Waals surface area contributed by atoms with E-state index in [2.05, 4.69) is 0 Å². The van der Waals surface area contributed by atoms with Gasteiger partial charge < -0.3 is 10.0 Å². The van der Waals surface area contributed by atoms with E-state index in [1.165, 1.54) is 12.1 Å². The average Bonchev–Trinajstić information content (AvgIpc) is 3.28. The van der Waals surface area contributed by atoms with Crippen molar-refractivity contribution < 1.29 is 27.9 Å². The zero-order valence-electron chi connectivity index (χ0n) is 14.6. The maximum absolute atomic E-state index is 12.6. The van der Waals surface area contributed by atoms with Gasteiger partial charge in [0.2, 0.25) is 5.91 Å². The van der Waals surface area contributed by atoms with E-state index in [1.54, 1.807) is 4.90 Å². The summed E-state index contributed by atoms with van der Waals surface area (Å²) in [5, 5.41) is 9.11. The van der Waals surface area contributed by atoms with Crippen LogP contribution in [0.5, 0.6) is 0 Å². The van der Waals surface area contributed by atoms with Gasteiger partial charge in [-0.15, -0.1) is 0 Å². The molecular formula is C19H22F3NO3. The maximum Gasteiger partial charge on any atom is 0.416 e. The molecular weight excluding hydrogens is 347 g/mol. The number of carboxylic acids is 1. The number of alkyl halides is 3. The number of carboxylic acid groups (broad SMARTS) is 1. The van der Waals surface area contributed by atoms with Gasteiger partial charge in [-0.2, -0.15) is 13.2 Å². The number of amides is 1. The molecule has 1 amide bonds. The van der Waals surface area contributed by atoms with Crippen molar-refractivity contribution in [1.29, 1.82) is 0 Å². The normalized spacial score (nSPS) is 22.9. The van der Waals surface area contributed by atoms with Crippen molar-refractivity contribution in [3.63, 3.8) is 0 Å². The molecule has 1 aromatic carbocycles. The van der Waals surface area contributed by atoms with Crippen LogP contribution < -0.4 is 0 Å². The molecule has 1 heterocycles. The molecule has 1 aliphatic heterocycles. The molecule has 4 nitrogen and oxygen atoms in total. The topological polar surface area (TPSA) is 57.6 Å². The molecule has 0 aromatic heterocycles. The van der Waals surface area contributed by atoms with Crippen LogP contribution in [0.1, 0.15) is 49.7 Å². The summed E-state index contributed by atoms with van der Waals surface area (Å²) in [4.78, 5) is 25.3. The Hall–Kier alpha value is -2.05. The summed E-state index contributed by atoms with van der Waals surface area (Å²) < 4.78 is 37.9. The Labute approximate surface area is 150 Å². The fourth-order valence-electron chi connectivity index (χ4n) is 3.96. The number of aliphatic carboxylic acids is 1. The summed E-state index contributed by atoms with van der Waals surface area (Å²) in [6, 6.07) is 4.93. The molecule has 142 valence electrons. The summed E-state index contributed by atoms with van der Waals surface area (Å²) in [7, 11) is 0. The molecule has 1 saturated carbocycles. The number of nitrogens with zero attached hydrogens (tertiary/aromatic N) is 1. The molecule has 1 saturated heterocycles. The van der Waals surface area contributed by atoms with E-state index >= 15 is 0 Å². The van der Waals surface area contributed by atoms with Gasteiger partial charge in [0.1, 0.15) is 0 Å². The van der Waals surface area contributed by atoms with Crippen LogP contribution in [0, 0.1) is 11.3 Å². The minimum Gasteiger partial charge on any atom is -0.481 e. The molecule has 2 fully saturated rings. The third kappa shape index (κ3) is 3.71. The number of halogens is 3. The van der Waals surface area contributed by atoms with Crippen molar-refractivity contribution in [2.75, 3.05) is 13.1 Å². The van der Waals surface area contributed by atoms with E-state index in [0.717, 1.165) is 12.1 Å². The summed E-state index contributed by atoms with van der Waals surface area (Å²) in [6.07, 6.45) is -2.00. The van der Waals surface area contributed by atoms with Gasteiger partial charge in [0.15, 0.2) is 0 Å². The summed E-state index contributed by atoms with van der Waals surface area (Å²) in [5.74, 6) is -1.22. The van der Waals surface area contributed by atoms with Crippen LogP contribution in [-0.4, -0.2) is 35.0 Å². The van der Waals surface area contributed by atoms with Crippen molar-refractivity contribution in [3.05, 3.63) is 35.4 Å². The Bertz CT molecular complexity index is 691.